The van der Waals surface area contributed by atoms with Crippen molar-refractivity contribution in [2.45, 2.75) is 0 Å². The summed E-state index contributed by atoms with van der Waals surface area (Å²) in [6.07, 6.45) is 3.32. The van der Waals surface area contributed by atoms with Gasteiger partial charge in [0.1, 0.15) is 5.82 Å². The number of benzene rings is 1. The van der Waals surface area contributed by atoms with Gasteiger partial charge in [0, 0.05) is 19.4 Å². The molecule has 0 bridgehead atoms. The van der Waals surface area contributed by atoms with Gasteiger partial charge in [0.15, 0.2) is 5.82 Å². The minimum Gasteiger partial charge on any atom is -0.357 e. The van der Waals surface area contributed by atoms with E-state index in [-0.39, 0.29) is 11.4 Å². The van der Waals surface area contributed by atoms with Crippen molar-refractivity contribution in [3.63, 3.8) is 0 Å². The standard InChI is InChI=1S/C13H10BrFN6/c1-16-12-18-11(8-4-2-5-9(14)10(8)15)19-13(20-12)21-7-3-6-17-21/h2-7H,1H3,(H,16,18,19,20). The smallest absolute Gasteiger partial charge is 0.255 e. The third kappa shape index (κ3) is 2.62. The van der Waals surface area contributed by atoms with Crippen LogP contribution in [-0.2, 0) is 0 Å². The molecule has 0 radical (unpaired) electrons. The van der Waals surface area contributed by atoms with Gasteiger partial charge in [-0.1, -0.05) is 6.07 Å². The van der Waals surface area contributed by atoms with E-state index in [9.17, 15) is 4.39 Å². The van der Waals surface area contributed by atoms with Crippen LogP contribution >= 0.6 is 15.9 Å². The maximum atomic E-state index is 14.2. The van der Waals surface area contributed by atoms with Gasteiger partial charge < -0.3 is 5.32 Å². The predicted molar refractivity (Wildman–Crippen MR) is 79.6 cm³/mol. The van der Waals surface area contributed by atoms with Crippen molar-refractivity contribution in [3.8, 4) is 17.3 Å². The summed E-state index contributed by atoms with van der Waals surface area (Å²) >= 11 is 3.16. The molecule has 0 spiro atoms. The Morgan fingerprint density at radius 3 is 2.76 bits per heavy atom. The Kier molecular flexibility index (Phi) is 3.61. The van der Waals surface area contributed by atoms with E-state index in [0.29, 0.717) is 16.4 Å². The molecular formula is C13H10BrFN6. The highest BCUT2D eigenvalue weighted by Crippen LogP contribution is 2.26. The van der Waals surface area contributed by atoms with Crippen molar-refractivity contribution in [2.24, 2.45) is 0 Å². The number of halogens is 2. The van der Waals surface area contributed by atoms with Crippen molar-refractivity contribution in [1.29, 1.82) is 0 Å². The van der Waals surface area contributed by atoms with Crippen molar-refractivity contribution in [3.05, 3.63) is 46.9 Å². The molecule has 0 amide bonds. The number of hydrogen-bond donors (Lipinski definition) is 1. The van der Waals surface area contributed by atoms with Crippen LogP contribution in [0.4, 0.5) is 10.3 Å². The first-order valence-corrected chi connectivity index (χ1v) is 6.86. The van der Waals surface area contributed by atoms with Crippen LogP contribution in [0.25, 0.3) is 17.3 Å². The summed E-state index contributed by atoms with van der Waals surface area (Å²) in [6, 6.07) is 6.70. The minimum atomic E-state index is -0.419. The molecule has 2 aromatic heterocycles. The van der Waals surface area contributed by atoms with Gasteiger partial charge in [-0.25, -0.2) is 9.07 Å². The van der Waals surface area contributed by atoms with Gasteiger partial charge in [-0.2, -0.15) is 20.1 Å². The van der Waals surface area contributed by atoms with Crippen LogP contribution in [0.15, 0.2) is 41.1 Å². The lowest BCUT2D eigenvalue weighted by Gasteiger charge is -2.08. The fourth-order valence-electron chi connectivity index (χ4n) is 1.76. The average Bonchev–Trinajstić information content (AvgIpc) is 3.04. The lowest BCUT2D eigenvalue weighted by atomic mass is 10.2. The van der Waals surface area contributed by atoms with Gasteiger partial charge in [0.25, 0.3) is 5.95 Å². The Labute approximate surface area is 128 Å². The maximum absolute atomic E-state index is 14.2. The first-order valence-electron chi connectivity index (χ1n) is 6.07. The first kappa shape index (κ1) is 13.6. The maximum Gasteiger partial charge on any atom is 0.255 e. The van der Waals surface area contributed by atoms with E-state index in [1.165, 1.54) is 4.68 Å². The summed E-state index contributed by atoms with van der Waals surface area (Å²) in [5, 5.41) is 6.91. The van der Waals surface area contributed by atoms with Gasteiger partial charge in [-0.15, -0.1) is 0 Å². The van der Waals surface area contributed by atoms with Crippen LogP contribution in [0.1, 0.15) is 0 Å². The number of aromatic nitrogens is 5. The van der Waals surface area contributed by atoms with Crippen LogP contribution in [0.3, 0.4) is 0 Å². The molecule has 0 aliphatic rings. The first-order chi connectivity index (χ1) is 10.2. The molecule has 0 saturated carbocycles. The summed E-state index contributed by atoms with van der Waals surface area (Å²) in [5.41, 5.74) is 0.289. The van der Waals surface area contributed by atoms with Gasteiger partial charge in [-0.05, 0) is 34.1 Å². The Morgan fingerprint density at radius 1 is 1.19 bits per heavy atom. The van der Waals surface area contributed by atoms with Gasteiger partial charge in [0.05, 0.1) is 10.0 Å². The molecule has 2 heterocycles. The largest absolute Gasteiger partial charge is 0.357 e. The molecule has 0 unspecified atom stereocenters. The zero-order chi connectivity index (χ0) is 14.8. The summed E-state index contributed by atoms with van der Waals surface area (Å²) in [4.78, 5) is 12.7. The lowest BCUT2D eigenvalue weighted by molar-refractivity contribution is 0.623. The molecule has 0 aliphatic heterocycles. The van der Waals surface area contributed by atoms with Crippen LogP contribution in [0.2, 0.25) is 0 Å². The molecule has 21 heavy (non-hydrogen) atoms. The molecule has 0 atom stereocenters. The third-order valence-corrected chi connectivity index (χ3v) is 3.36. The Morgan fingerprint density at radius 2 is 2.05 bits per heavy atom. The summed E-state index contributed by atoms with van der Waals surface area (Å²) < 4.78 is 16.0. The molecule has 1 aromatic carbocycles. The second-order valence-electron chi connectivity index (χ2n) is 4.08. The molecule has 3 rings (SSSR count). The van der Waals surface area contributed by atoms with Crippen molar-refractivity contribution in [1.82, 2.24) is 24.7 Å². The van der Waals surface area contributed by atoms with E-state index >= 15 is 0 Å². The second kappa shape index (κ2) is 5.57. The van der Waals surface area contributed by atoms with E-state index in [1.807, 2.05) is 0 Å². The topological polar surface area (TPSA) is 68.5 Å². The van der Waals surface area contributed by atoms with E-state index in [4.69, 9.17) is 0 Å². The number of nitrogens with one attached hydrogen (secondary N) is 1. The SMILES string of the molecule is CNc1nc(-c2cccc(Br)c2F)nc(-n2cccn2)n1. The molecule has 0 saturated heterocycles. The molecule has 0 aliphatic carbocycles. The number of anilines is 1. The highest BCUT2D eigenvalue weighted by atomic mass is 79.9. The van der Waals surface area contributed by atoms with Gasteiger partial charge in [-0.3, -0.25) is 0 Å². The van der Waals surface area contributed by atoms with Crippen LogP contribution < -0.4 is 5.32 Å². The summed E-state index contributed by atoms with van der Waals surface area (Å²) in [6.45, 7) is 0. The van der Waals surface area contributed by atoms with Crippen molar-refractivity contribution >= 4 is 21.9 Å². The lowest BCUT2D eigenvalue weighted by Crippen LogP contribution is -2.08. The van der Waals surface area contributed by atoms with Gasteiger partial charge in [0.2, 0.25) is 5.95 Å². The Bertz CT molecular complexity index is 774. The molecule has 0 fully saturated rings. The van der Waals surface area contributed by atoms with Crippen molar-refractivity contribution < 1.29 is 4.39 Å². The molecule has 106 valence electrons. The minimum absolute atomic E-state index is 0.235. The zero-order valence-electron chi connectivity index (χ0n) is 11.0. The Hall–Kier alpha value is -2.35. The highest BCUT2D eigenvalue weighted by Gasteiger charge is 2.14. The predicted octanol–water partition coefficient (Wildman–Crippen LogP) is 2.67. The Balaban J connectivity index is 2.18. The fraction of sp³-hybridized carbons (Fsp3) is 0.0769. The molecular weight excluding hydrogens is 339 g/mol. The van der Waals surface area contributed by atoms with Gasteiger partial charge >= 0.3 is 0 Å². The molecule has 3 aromatic rings. The molecule has 1 N–H and O–H groups in total. The van der Waals surface area contributed by atoms with E-state index in [1.54, 1.807) is 43.7 Å². The summed E-state index contributed by atoms with van der Waals surface area (Å²) in [5.74, 6) is 0.467. The highest BCUT2D eigenvalue weighted by molar-refractivity contribution is 9.10. The van der Waals surface area contributed by atoms with E-state index < -0.39 is 5.82 Å². The third-order valence-electron chi connectivity index (χ3n) is 2.75. The van der Waals surface area contributed by atoms with Crippen LogP contribution in [0.5, 0.6) is 0 Å². The fourth-order valence-corrected chi connectivity index (χ4v) is 2.13. The van der Waals surface area contributed by atoms with Crippen LogP contribution in [0, 0.1) is 5.82 Å². The van der Waals surface area contributed by atoms with E-state index in [2.05, 4.69) is 41.3 Å². The second-order valence-corrected chi connectivity index (χ2v) is 4.94. The summed E-state index contributed by atoms with van der Waals surface area (Å²) in [7, 11) is 1.68. The van der Waals surface area contributed by atoms with E-state index in [0.717, 1.165) is 0 Å². The monoisotopic (exact) mass is 348 g/mol. The average molecular weight is 349 g/mol. The normalized spacial score (nSPS) is 10.6. The molecule has 8 heteroatoms. The zero-order valence-corrected chi connectivity index (χ0v) is 12.5. The van der Waals surface area contributed by atoms with Crippen molar-refractivity contribution in [2.75, 3.05) is 12.4 Å². The number of hydrogen-bond acceptors (Lipinski definition) is 5. The quantitative estimate of drug-likeness (QED) is 0.787. The molecule has 6 nitrogen and oxygen atoms in total. The number of rotatable bonds is 3. The number of nitrogens with zero attached hydrogens (tertiary/aromatic N) is 5. The van der Waals surface area contributed by atoms with Crippen LogP contribution in [-0.4, -0.2) is 31.8 Å².